The summed E-state index contributed by atoms with van der Waals surface area (Å²) in [6, 6.07) is 14.0. The number of nitrogens with zero attached hydrogens (tertiary/aromatic N) is 1. The van der Waals surface area contributed by atoms with Gasteiger partial charge in [0.2, 0.25) is 0 Å². The lowest BCUT2D eigenvalue weighted by molar-refractivity contribution is 0.0812. The Morgan fingerprint density at radius 3 is 2.41 bits per heavy atom. The molecule has 0 aliphatic carbocycles. The lowest BCUT2D eigenvalue weighted by Crippen LogP contribution is -2.50. The Morgan fingerprint density at radius 2 is 1.78 bits per heavy atom. The number of aryl methyl sites for hydroxylation is 1. The smallest absolute Gasteiger partial charge is 0.251 e. The number of hydrogen-bond donors (Lipinski definition) is 1. The minimum absolute atomic E-state index is 0.00445. The first-order valence-corrected chi connectivity index (χ1v) is 10.0. The molecule has 0 spiro atoms. The Labute approximate surface area is 167 Å². The summed E-state index contributed by atoms with van der Waals surface area (Å²) in [4.78, 5) is 15.2. The molecule has 2 aromatic carbocycles. The first-order chi connectivity index (χ1) is 12.7. The number of hydrogen-bond acceptors (Lipinski definition) is 2. The number of benzene rings is 2. The van der Waals surface area contributed by atoms with Crippen molar-refractivity contribution in [2.24, 2.45) is 0 Å². The van der Waals surface area contributed by atoms with Crippen molar-refractivity contribution in [1.29, 1.82) is 0 Å². The molecule has 3 rings (SSSR count). The van der Waals surface area contributed by atoms with Crippen LogP contribution in [0.4, 0.5) is 0 Å². The van der Waals surface area contributed by atoms with Gasteiger partial charge in [0.05, 0.1) is 0 Å². The Morgan fingerprint density at radius 1 is 1.07 bits per heavy atom. The van der Waals surface area contributed by atoms with E-state index in [-0.39, 0.29) is 17.5 Å². The zero-order valence-electron chi connectivity index (χ0n) is 16.7. The normalized spacial score (nSPS) is 16.3. The first-order valence-electron chi connectivity index (χ1n) is 9.66. The maximum absolute atomic E-state index is 12.8. The second kappa shape index (κ2) is 8.04. The molecule has 1 heterocycles. The highest BCUT2D eigenvalue weighted by atomic mass is 35.5. The van der Waals surface area contributed by atoms with E-state index in [0.717, 1.165) is 42.6 Å². The molecule has 1 saturated heterocycles. The zero-order chi connectivity index (χ0) is 19.6. The van der Waals surface area contributed by atoms with Gasteiger partial charge in [0.1, 0.15) is 0 Å². The van der Waals surface area contributed by atoms with Gasteiger partial charge in [0.15, 0.2) is 0 Å². The van der Waals surface area contributed by atoms with Crippen LogP contribution < -0.4 is 5.32 Å². The van der Waals surface area contributed by atoms with Crippen LogP contribution in [0, 0.1) is 6.92 Å². The van der Waals surface area contributed by atoms with Crippen LogP contribution in [0.5, 0.6) is 0 Å². The summed E-state index contributed by atoms with van der Waals surface area (Å²) in [6.07, 6.45) is 1.99. The van der Waals surface area contributed by atoms with E-state index in [0.29, 0.717) is 10.6 Å². The SMILES string of the molecule is Cc1cc(Cl)cc(-c2cccc(C(=O)NC3CCN(C(C)(C)C)CC3)c2)c1. The first kappa shape index (κ1) is 19.9. The third kappa shape index (κ3) is 5.12. The minimum atomic E-state index is 0.00445. The number of nitrogens with one attached hydrogen (secondary N) is 1. The maximum atomic E-state index is 12.8. The third-order valence-electron chi connectivity index (χ3n) is 5.28. The van der Waals surface area contributed by atoms with Gasteiger partial charge in [0.25, 0.3) is 5.91 Å². The highest BCUT2D eigenvalue weighted by Gasteiger charge is 2.27. The van der Waals surface area contributed by atoms with E-state index in [1.165, 1.54) is 0 Å². The molecule has 4 heteroatoms. The molecule has 0 atom stereocenters. The number of carbonyl (C=O) groups excluding carboxylic acids is 1. The Kier molecular flexibility index (Phi) is 5.92. The predicted octanol–water partition coefficient (Wildman–Crippen LogP) is 5.31. The summed E-state index contributed by atoms with van der Waals surface area (Å²) in [5.74, 6) is 0.00445. The summed E-state index contributed by atoms with van der Waals surface area (Å²) in [5.41, 5.74) is 4.04. The lowest BCUT2D eigenvalue weighted by atomic mass is 9.97. The number of piperidine rings is 1. The number of likely N-dealkylation sites (tertiary alicyclic amines) is 1. The number of amides is 1. The average molecular weight is 385 g/mol. The van der Waals surface area contributed by atoms with Crippen molar-refractivity contribution in [2.75, 3.05) is 13.1 Å². The van der Waals surface area contributed by atoms with E-state index >= 15 is 0 Å². The van der Waals surface area contributed by atoms with Gasteiger partial charge in [-0.15, -0.1) is 0 Å². The monoisotopic (exact) mass is 384 g/mol. The van der Waals surface area contributed by atoms with Gasteiger partial charge in [-0.1, -0.05) is 29.8 Å². The molecule has 0 unspecified atom stereocenters. The van der Waals surface area contributed by atoms with E-state index in [9.17, 15) is 4.79 Å². The number of halogens is 1. The van der Waals surface area contributed by atoms with Crippen molar-refractivity contribution in [3.8, 4) is 11.1 Å². The van der Waals surface area contributed by atoms with E-state index in [1.807, 2.05) is 43.3 Å². The fraction of sp³-hybridized carbons (Fsp3) is 0.435. The van der Waals surface area contributed by atoms with Crippen molar-refractivity contribution >= 4 is 17.5 Å². The van der Waals surface area contributed by atoms with Crippen molar-refractivity contribution < 1.29 is 4.79 Å². The van der Waals surface area contributed by atoms with Gasteiger partial charge < -0.3 is 5.32 Å². The Hall–Kier alpha value is -1.84. The van der Waals surface area contributed by atoms with Gasteiger partial charge in [-0.2, -0.15) is 0 Å². The summed E-state index contributed by atoms with van der Waals surface area (Å²) in [5, 5.41) is 3.93. The Balaban J connectivity index is 1.68. The van der Waals surface area contributed by atoms with Gasteiger partial charge in [-0.25, -0.2) is 0 Å². The maximum Gasteiger partial charge on any atom is 0.251 e. The zero-order valence-corrected chi connectivity index (χ0v) is 17.4. The van der Waals surface area contributed by atoms with E-state index < -0.39 is 0 Å². The topological polar surface area (TPSA) is 32.3 Å². The molecule has 0 aromatic heterocycles. The molecular weight excluding hydrogens is 356 g/mol. The highest BCUT2D eigenvalue weighted by molar-refractivity contribution is 6.31. The van der Waals surface area contributed by atoms with Crippen molar-refractivity contribution in [2.45, 2.75) is 52.1 Å². The molecule has 1 amide bonds. The van der Waals surface area contributed by atoms with Crippen LogP contribution in [0.2, 0.25) is 5.02 Å². The second-order valence-corrected chi connectivity index (χ2v) is 8.94. The third-order valence-corrected chi connectivity index (χ3v) is 5.50. The quantitative estimate of drug-likeness (QED) is 0.777. The van der Waals surface area contributed by atoms with E-state index in [4.69, 9.17) is 11.6 Å². The molecule has 27 heavy (non-hydrogen) atoms. The van der Waals surface area contributed by atoms with Crippen molar-refractivity contribution in [3.05, 3.63) is 58.6 Å². The molecule has 3 nitrogen and oxygen atoms in total. The molecule has 0 saturated carbocycles. The van der Waals surface area contributed by atoms with Crippen LogP contribution in [0.25, 0.3) is 11.1 Å². The van der Waals surface area contributed by atoms with Crippen LogP contribution in [0.3, 0.4) is 0 Å². The molecular formula is C23H29ClN2O. The van der Waals surface area contributed by atoms with Crippen LogP contribution in [-0.2, 0) is 0 Å². The Bertz CT molecular complexity index is 797. The van der Waals surface area contributed by atoms with Gasteiger partial charge in [-0.05, 0) is 81.5 Å². The van der Waals surface area contributed by atoms with E-state index in [2.05, 4.69) is 37.1 Å². The van der Waals surface area contributed by atoms with Crippen LogP contribution in [0.15, 0.2) is 42.5 Å². The van der Waals surface area contributed by atoms with Gasteiger partial charge in [0, 0.05) is 35.3 Å². The lowest BCUT2D eigenvalue weighted by Gasteiger charge is -2.41. The highest BCUT2D eigenvalue weighted by Crippen LogP contribution is 2.26. The number of carbonyl (C=O) groups is 1. The minimum Gasteiger partial charge on any atom is -0.349 e. The van der Waals surface area contributed by atoms with Crippen LogP contribution >= 0.6 is 11.6 Å². The molecule has 1 aliphatic heterocycles. The van der Waals surface area contributed by atoms with Crippen LogP contribution in [-0.4, -0.2) is 35.5 Å². The summed E-state index contributed by atoms with van der Waals surface area (Å²) in [6.45, 7) is 10.8. The average Bonchev–Trinajstić information content (AvgIpc) is 2.61. The van der Waals surface area contributed by atoms with E-state index in [1.54, 1.807) is 0 Å². The summed E-state index contributed by atoms with van der Waals surface area (Å²) < 4.78 is 0. The second-order valence-electron chi connectivity index (χ2n) is 8.50. The van der Waals surface area contributed by atoms with Crippen LogP contribution in [0.1, 0.15) is 49.5 Å². The molecule has 1 N–H and O–H groups in total. The number of rotatable bonds is 3. The molecule has 1 fully saturated rings. The fourth-order valence-electron chi connectivity index (χ4n) is 3.71. The van der Waals surface area contributed by atoms with Gasteiger partial charge in [-0.3, -0.25) is 9.69 Å². The molecule has 0 bridgehead atoms. The standard InChI is InChI=1S/C23H29ClN2O/c1-16-12-19(15-20(24)13-16)17-6-5-7-18(14-17)22(27)25-21-8-10-26(11-9-21)23(2,3)4/h5-7,12-15,21H,8-11H2,1-4H3,(H,25,27). The summed E-state index contributed by atoms with van der Waals surface area (Å²) in [7, 11) is 0. The molecule has 144 valence electrons. The molecule has 2 aromatic rings. The van der Waals surface area contributed by atoms with Gasteiger partial charge >= 0.3 is 0 Å². The summed E-state index contributed by atoms with van der Waals surface area (Å²) >= 11 is 6.19. The predicted molar refractivity (Wildman–Crippen MR) is 113 cm³/mol. The van der Waals surface area contributed by atoms with Crippen molar-refractivity contribution in [1.82, 2.24) is 10.2 Å². The van der Waals surface area contributed by atoms with Crippen molar-refractivity contribution in [3.63, 3.8) is 0 Å². The molecule has 0 radical (unpaired) electrons. The molecule has 1 aliphatic rings. The fourth-order valence-corrected chi connectivity index (χ4v) is 4.00. The largest absolute Gasteiger partial charge is 0.349 e.